The topological polar surface area (TPSA) is 24.5 Å². The van der Waals surface area contributed by atoms with E-state index in [1.54, 1.807) is 0 Å². The van der Waals surface area contributed by atoms with E-state index in [0.29, 0.717) is 5.41 Å². The Morgan fingerprint density at radius 1 is 1.19 bits per heavy atom. The van der Waals surface area contributed by atoms with Crippen molar-refractivity contribution in [3.63, 3.8) is 0 Å². The lowest BCUT2D eigenvalue weighted by molar-refractivity contribution is -0.100. The van der Waals surface area contributed by atoms with Crippen molar-refractivity contribution < 1.29 is 4.74 Å². The molecule has 0 unspecified atom stereocenters. The molecular weight excluding hydrogens is 200 g/mol. The summed E-state index contributed by atoms with van der Waals surface area (Å²) in [5.41, 5.74) is 0.424. The number of rotatable bonds is 4. The Morgan fingerprint density at radius 2 is 1.88 bits per heavy atom. The van der Waals surface area contributed by atoms with Gasteiger partial charge in [0.1, 0.15) is 0 Å². The molecule has 1 saturated carbocycles. The zero-order chi connectivity index (χ0) is 11.0. The standard InChI is InChI=1S/C13H24N2O/c1-13(9-16-10-13)8-14-11-4-6-15(7-5-11)12-2-3-12/h11-12,14H,2-10H2,1H3. The van der Waals surface area contributed by atoms with Gasteiger partial charge in [0.05, 0.1) is 13.2 Å². The summed E-state index contributed by atoms with van der Waals surface area (Å²) in [5.74, 6) is 0. The molecule has 0 radical (unpaired) electrons. The maximum Gasteiger partial charge on any atom is 0.0554 e. The molecule has 92 valence electrons. The fourth-order valence-electron chi connectivity index (χ4n) is 2.85. The van der Waals surface area contributed by atoms with Crippen LogP contribution in [-0.2, 0) is 4.74 Å². The molecule has 3 nitrogen and oxygen atoms in total. The van der Waals surface area contributed by atoms with Crippen LogP contribution >= 0.6 is 0 Å². The fourth-order valence-corrected chi connectivity index (χ4v) is 2.85. The fraction of sp³-hybridized carbons (Fsp3) is 1.00. The maximum absolute atomic E-state index is 5.29. The lowest BCUT2D eigenvalue weighted by Gasteiger charge is -2.40. The summed E-state index contributed by atoms with van der Waals surface area (Å²) in [7, 11) is 0. The highest BCUT2D eigenvalue weighted by Gasteiger charge is 2.35. The van der Waals surface area contributed by atoms with Crippen LogP contribution in [0.1, 0.15) is 32.6 Å². The number of hydrogen-bond donors (Lipinski definition) is 1. The Kier molecular flexibility index (Phi) is 2.94. The van der Waals surface area contributed by atoms with Crippen LogP contribution in [0.3, 0.4) is 0 Å². The maximum atomic E-state index is 5.29. The van der Waals surface area contributed by atoms with Gasteiger partial charge in [0.25, 0.3) is 0 Å². The summed E-state index contributed by atoms with van der Waals surface area (Å²) in [5, 5.41) is 3.74. The summed E-state index contributed by atoms with van der Waals surface area (Å²) in [6, 6.07) is 1.71. The quantitative estimate of drug-likeness (QED) is 0.777. The van der Waals surface area contributed by atoms with E-state index in [1.165, 1.54) is 38.8 Å². The predicted octanol–water partition coefficient (Wildman–Crippen LogP) is 1.24. The highest BCUT2D eigenvalue weighted by atomic mass is 16.5. The van der Waals surface area contributed by atoms with Crippen LogP contribution in [0.5, 0.6) is 0 Å². The highest BCUT2D eigenvalue weighted by molar-refractivity contribution is 4.90. The van der Waals surface area contributed by atoms with E-state index >= 15 is 0 Å². The average Bonchev–Trinajstić information content (AvgIpc) is 3.08. The van der Waals surface area contributed by atoms with Crippen LogP contribution in [0, 0.1) is 5.41 Å². The molecule has 0 bridgehead atoms. The molecule has 16 heavy (non-hydrogen) atoms. The van der Waals surface area contributed by atoms with Gasteiger partial charge in [-0.1, -0.05) is 6.92 Å². The Balaban J connectivity index is 1.37. The Labute approximate surface area is 98.5 Å². The van der Waals surface area contributed by atoms with Crippen molar-refractivity contribution in [3.8, 4) is 0 Å². The molecular formula is C13H24N2O. The summed E-state index contributed by atoms with van der Waals surface area (Å²) in [4.78, 5) is 2.69. The lowest BCUT2D eigenvalue weighted by atomic mass is 9.88. The van der Waals surface area contributed by atoms with Gasteiger partial charge in [-0.25, -0.2) is 0 Å². The smallest absolute Gasteiger partial charge is 0.0554 e. The van der Waals surface area contributed by atoms with Gasteiger partial charge in [-0.05, 0) is 38.8 Å². The lowest BCUT2D eigenvalue weighted by Crippen LogP contribution is -2.51. The Hall–Kier alpha value is -0.120. The van der Waals surface area contributed by atoms with Gasteiger partial charge in [0, 0.05) is 24.0 Å². The van der Waals surface area contributed by atoms with Gasteiger partial charge in [-0.3, -0.25) is 0 Å². The van der Waals surface area contributed by atoms with Crippen LogP contribution in [0.15, 0.2) is 0 Å². The van der Waals surface area contributed by atoms with E-state index < -0.39 is 0 Å². The van der Waals surface area contributed by atoms with E-state index in [-0.39, 0.29) is 0 Å². The molecule has 0 atom stereocenters. The van der Waals surface area contributed by atoms with Crippen molar-refractivity contribution >= 4 is 0 Å². The number of hydrogen-bond acceptors (Lipinski definition) is 3. The minimum absolute atomic E-state index is 0.424. The van der Waals surface area contributed by atoms with E-state index in [9.17, 15) is 0 Å². The number of likely N-dealkylation sites (tertiary alicyclic amines) is 1. The molecule has 0 aromatic heterocycles. The summed E-state index contributed by atoms with van der Waals surface area (Å²) in [6.45, 7) is 7.98. The zero-order valence-electron chi connectivity index (χ0n) is 10.4. The first kappa shape index (κ1) is 11.0. The molecule has 1 aliphatic carbocycles. The Morgan fingerprint density at radius 3 is 2.38 bits per heavy atom. The highest BCUT2D eigenvalue weighted by Crippen LogP contribution is 2.30. The van der Waals surface area contributed by atoms with Gasteiger partial charge >= 0.3 is 0 Å². The molecule has 2 saturated heterocycles. The van der Waals surface area contributed by atoms with Crippen LogP contribution in [0.4, 0.5) is 0 Å². The molecule has 2 aliphatic heterocycles. The SMILES string of the molecule is CC1(CNC2CCN(C3CC3)CC2)COC1. The van der Waals surface area contributed by atoms with Crippen molar-refractivity contribution in [1.29, 1.82) is 0 Å². The molecule has 1 N–H and O–H groups in total. The van der Waals surface area contributed by atoms with Crippen LogP contribution in [-0.4, -0.2) is 49.8 Å². The molecule has 2 heterocycles. The number of nitrogens with one attached hydrogen (secondary N) is 1. The normalized spacial score (nSPS) is 31.3. The largest absolute Gasteiger partial charge is 0.380 e. The molecule has 0 aromatic rings. The third-order valence-corrected chi connectivity index (χ3v) is 4.31. The van der Waals surface area contributed by atoms with Gasteiger partial charge in [-0.15, -0.1) is 0 Å². The number of ether oxygens (including phenoxy) is 1. The first-order chi connectivity index (χ1) is 7.75. The second-order valence-corrected chi connectivity index (χ2v) is 6.23. The molecule has 0 aromatic carbocycles. The molecule has 3 aliphatic rings. The molecule has 3 fully saturated rings. The third-order valence-electron chi connectivity index (χ3n) is 4.31. The third kappa shape index (κ3) is 2.41. The second kappa shape index (κ2) is 4.28. The molecule has 0 spiro atoms. The van der Waals surface area contributed by atoms with Gasteiger partial charge in [-0.2, -0.15) is 0 Å². The van der Waals surface area contributed by atoms with Gasteiger partial charge < -0.3 is 15.0 Å². The molecule has 0 amide bonds. The summed E-state index contributed by atoms with van der Waals surface area (Å²) in [6.07, 6.45) is 5.59. The van der Waals surface area contributed by atoms with E-state index in [1.807, 2.05) is 0 Å². The summed E-state index contributed by atoms with van der Waals surface area (Å²) < 4.78 is 5.29. The van der Waals surface area contributed by atoms with Crippen molar-refractivity contribution in [2.45, 2.75) is 44.7 Å². The van der Waals surface area contributed by atoms with E-state index in [2.05, 4.69) is 17.1 Å². The predicted molar refractivity (Wildman–Crippen MR) is 64.5 cm³/mol. The first-order valence-corrected chi connectivity index (χ1v) is 6.80. The van der Waals surface area contributed by atoms with Crippen LogP contribution in [0.2, 0.25) is 0 Å². The van der Waals surface area contributed by atoms with Crippen molar-refractivity contribution in [2.24, 2.45) is 5.41 Å². The minimum Gasteiger partial charge on any atom is -0.380 e. The second-order valence-electron chi connectivity index (χ2n) is 6.23. The van der Waals surface area contributed by atoms with Gasteiger partial charge in [0.15, 0.2) is 0 Å². The monoisotopic (exact) mass is 224 g/mol. The Bertz CT molecular complexity index is 240. The van der Waals surface area contributed by atoms with Crippen molar-refractivity contribution in [3.05, 3.63) is 0 Å². The number of piperidine rings is 1. The number of nitrogens with zero attached hydrogens (tertiary/aromatic N) is 1. The van der Waals surface area contributed by atoms with Crippen LogP contribution < -0.4 is 5.32 Å². The summed E-state index contributed by atoms with van der Waals surface area (Å²) >= 11 is 0. The molecule has 3 rings (SSSR count). The average molecular weight is 224 g/mol. The van der Waals surface area contributed by atoms with E-state index in [0.717, 1.165) is 31.8 Å². The van der Waals surface area contributed by atoms with Gasteiger partial charge in [0.2, 0.25) is 0 Å². The van der Waals surface area contributed by atoms with E-state index in [4.69, 9.17) is 4.74 Å². The van der Waals surface area contributed by atoms with Crippen molar-refractivity contribution in [1.82, 2.24) is 10.2 Å². The van der Waals surface area contributed by atoms with Crippen molar-refractivity contribution in [2.75, 3.05) is 32.8 Å². The minimum atomic E-state index is 0.424. The first-order valence-electron chi connectivity index (χ1n) is 6.80. The van der Waals surface area contributed by atoms with Crippen LogP contribution in [0.25, 0.3) is 0 Å². The molecule has 3 heteroatoms. The zero-order valence-corrected chi connectivity index (χ0v) is 10.4.